The van der Waals surface area contributed by atoms with Gasteiger partial charge in [0.2, 0.25) is 5.91 Å². The fourth-order valence-electron chi connectivity index (χ4n) is 2.83. The Morgan fingerprint density at radius 3 is 2.95 bits per heavy atom. The molecule has 1 fully saturated rings. The van der Waals surface area contributed by atoms with E-state index < -0.39 is 0 Å². The van der Waals surface area contributed by atoms with E-state index in [1.54, 1.807) is 11.3 Å². The Bertz CT molecular complexity index is 419. The molecular formula is C15H25N3OS. The second-order valence-corrected chi connectivity index (χ2v) is 6.84. The fourth-order valence-corrected chi connectivity index (χ4v) is 3.75. The average molecular weight is 295 g/mol. The van der Waals surface area contributed by atoms with Crippen LogP contribution < -0.4 is 11.1 Å². The van der Waals surface area contributed by atoms with Crippen molar-refractivity contribution in [2.24, 2.45) is 11.7 Å². The van der Waals surface area contributed by atoms with E-state index in [1.807, 2.05) is 14.1 Å². The Labute approximate surface area is 125 Å². The molecule has 3 atom stereocenters. The second kappa shape index (κ2) is 7.20. The number of carbonyl (C=O) groups is 1. The van der Waals surface area contributed by atoms with Gasteiger partial charge < -0.3 is 16.0 Å². The van der Waals surface area contributed by atoms with Crippen molar-refractivity contribution in [3.63, 3.8) is 0 Å². The molecule has 2 rings (SSSR count). The lowest BCUT2D eigenvalue weighted by Gasteiger charge is -2.28. The number of nitrogens with two attached hydrogens (primary N) is 1. The van der Waals surface area contributed by atoms with Crippen LogP contribution >= 0.6 is 11.3 Å². The highest BCUT2D eigenvalue weighted by Gasteiger charge is 2.26. The maximum Gasteiger partial charge on any atom is 0.223 e. The van der Waals surface area contributed by atoms with Crippen molar-refractivity contribution in [2.75, 3.05) is 20.6 Å². The summed E-state index contributed by atoms with van der Waals surface area (Å²) in [6.45, 7) is 0.665. The second-order valence-electron chi connectivity index (χ2n) is 5.86. The van der Waals surface area contributed by atoms with E-state index >= 15 is 0 Å². The molecule has 112 valence electrons. The SMILES string of the molecule is CN(C)C(CNC(=O)C1CCCC(N)C1)c1cccs1. The molecule has 1 aromatic rings. The van der Waals surface area contributed by atoms with Crippen LogP contribution in [0.4, 0.5) is 0 Å². The molecule has 0 spiro atoms. The molecule has 1 aromatic heterocycles. The molecule has 0 aliphatic heterocycles. The molecule has 4 nitrogen and oxygen atoms in total. The fraction of sp³-hybridized carbons (Fsp3) is 0.667. The van der Waals surface area contributed by atoms with Crippen LogP contribution in [0.3, 0.4) is 0 Å². The predicted molar refractivity (Wildman–Crippen MR) is 83.7 cm³/mol. The molecule has 0 radical (unpaired) electrons. The molecule has 3 N–H and O–H groups in total. The molecule has 0 aromatic carbocycles. The number of nitrogens with zero attached hydrogens (tertiary/aromatic N) is 1. The van der Waals surface area contributed by atoms with Gasteiger partial charge in [-0.05, 0) is 44.8 Å². The zero-order valence-corrected chi connectivity index (χ0v) is 13.2. The first-order valence-electron chi connectivity index (χ1n) is 7.31. The Hall–Kier alpha value is -0.910. The number of hydrogen-bond donors (Lipinski definition) is 2. The van der Waals surface area contributed by atoms with Crippen molar-refractivity contribution in [1.29, 1.82) is 0 Å². The van der Waals surface area contributed by atoms with E-state index in [9.17, 15) is 4.79 Å². The van der Waals surface area contributed by atoms with Crippen LogP contribution in [0.2, 0.25) is 0 Å². The van der Waals surface area contributed by atoms with Gasteiger partial charge in [-0.15, -0.1) is 11.3 Å². The summed E-state index contributed by atoms with van der Waals surface area (Å²) in [5.41, 5.74) is 5.96. The third kappa shape index (κ3) is 4.04. The van der Waals surface area contributed by atoms with Gasteiger partial charge in [0.25, 0.3) is 0 Å². The number of nitrogens with one attached hydrogen (secondary N) is 1. The van der Waals surface area contributed by atoms with E-state index in [-0.39, 0.29) is 23.9 Å². The standard InChI is InChI=1S/C15H25N3OS/c1-18(2)13(14-7-4-8-20-14)10-17-15(19)11-5-3-6-12(16)9-11/h4,7-8,11-13H,3,5-6,9-10,16H2,1-2H3,(H,17,19). The minimum absolute atomic E-state index is 0.102. The van der Waals surface area contributed by atoms with Crippen molar-refractivity contribution in [3.8, 4) is 0 Å². The van der Waals surface area contributed by atoms with Crippen LogP contribution in [0.15, 0.2) is 17.5 Å². The van der Waals surface area contributed by atoms with E-state index in [4.69, 9.17) is 5.73 Å². The van der Waals surface area contributed by atoms with Gasteiger partial charge in [0, 0.05) is 23.4 Å². The Kier molecular flexibility index (Phi) is 5.57. The van der Waals surface area contributed by atoms with Crippen molar-refractivity contribution in [1.82, 2.24) is 10.2 Å². The maximum atomic E-state index is 12.3. The lowest BCUT2D eigenvalue weighted by Crippen LogP contribution is -2.40. The third-order valence-electron chi connectivity index (χ3n) is 4.05. The molecule has 3 unspecified atom stereocenters. The van der Waals surface area contributed by atoms with Gasteiger partial charge in [0.15, 0.2) is 0 Å². The number of hydrogen-bond acceptors (Lipinski definition) is 4. The summed E-state index contributed by atoms with van der Waals surface area (Å²) < 4.78 is 0. The number of likely N-dealkylation sites (N-methyl/N-ethyl adjacent to an activating group) is 1. The van der Waals surface area contributed by atoms with E-state index in [0.717, 1.165) is 25.7 Å². The van der Waals surface area contributed by atoms with E-state index in [1.165, 1.54) is 4.88 Å². The number of rotatable bonds is 5. The molecule has 1 saturated carbocycles. The summed E-state index contributed by atoms with van der Waals surface area (Å²) in [5, 5.41) is 5.19. The molecule has 1 aliphatic rings. The van der Waals surface area contributed by atoms with E-state index in [0.29, 0.717) is 6.54 Å². The minimum Gasteiger partial charge on any atom is -0.354 e. The summed E-state index contributed by atoms with van der Waals surface area (Å²) in [6.07, 6.45) is 3.93. The first-order chi connectivity index (χ1) is 9.58. The monoisotopic (exact) mass is 295 g/mol. The van der Waals surface area contributed by atoms with Crippen LogP contribution in [-0.2, 0) is 4.79 Å². The topological polar surface area (TPSA) is 58.4 Å². The first-order valence-corrected chi connectivity index (χ1v) is 8.19. The van der Waals surface area contributed by atoms with Crippen molar-refractivity contribution < 1.29 is 4.79 Å². The lowest BCUT2D eigenvalue weighted by atomic mass is 9.85. The highest BCUT2D eigenvalue weighted by Crippen LogP contribution is 2.25. The summed E-state index contributed by atoms with van der Waals surface area (Å²) in [6, 6.07) is 4.62. The van der Waals surface area contributed by atoms with Crippen molar-refractivity contribution in [2.45, 2.75) is 37.8 Å². The number of carbonyl (C=O) groups excluding carboxylic acids is 1. The Morgan fingerprint density at radius 2 is 2.35 bits per heavy atom. The maximum absolute atomic E-state index is 12.3. The average Bonchev–Trinajstić information content (AvgIpc) is 2.92. The quantitative estimate of drug-likeness (QED) is 0.873. The summed E-state index contributed by atoms with van der Waals surface area (Å²) in [7, 11) is 4.10. The molecule has 5 heteroatoms. The lowest BCUT2D eigenvalue weighted by molar-refractivity contribution is -0.126. The van der Waals surface area contributed by atoms with Gasteiger partial charge in [-0.1, -0.05) is 12.5 Å². The van der Waals surface area contributed by atoms with Crippen LogP contribution in [-0.4, -0.2) is 37.5 Å². The van der Waals surface area contributed by atoms with Gasteiger partial charge in [0.1, 0.15) is 0 Å². The predicted octanol–water partition coefficient (Wildman–Crippen LogP) is 1.98. The van der Waals surface area contributed by atoms with Crippen molar-refractivity contribution in [3.05, 3.63) is 22.4 Å². The number of amides is 1. The van der Waals surface area contributed by atoms with Gasteiger partial charge in [-0.2, -0.15) is 0 Å². The smallest absolute Gasteiger partial charge is 0.223 e. The third-order valence-corrected chi connectivity index (χ3v) is 5.02. The molecular weight excluding hydrogens is 270 g/mol. The molecule has 20 heavy (non-hydrogen) atoms. The highest BCUT2D eigenvalue weighted by molar-refractivity contribution is 7.10. The van der Waals surface area contributed by atoms with Crippen molar-refractivity contribution >= 4 is 17.2 Å². The summed E-state index contributed by atoms with van der Waals surface area (Å²) in [5.74, 6) is 0.272. The normalized spacial score (nSPS) is 24.6. The van der Waals surface area contributed by atoms with Crippen LogP contribution in [0, 0.1) is 5.92 Å². The Morgan fingerprint density at radius 1 is 1.55 bits per heavy atom. The summed E-state index contributed by atoms with van der Waals surface area (Å²) >= 11 is 1.73. The molecule has 1 amide bonds. The van der Waals surface area contributed by atoms with Gasteiger partial charge >= 0.3 is 0 Å². The number of thiophene rings is 1. The highest BCUT2D eigenvalue weighted by atomic mass is 32.1. The van der Waals surface area contributed by atoms with E-state index in [2.05, 4.69) is 27.7 Å². The van der Waals surface area contributed by atoms with Gasteiger partial charge in [-0.25, -0.2) is 0 Å². The largest absolute Gasteiger partial charge is 0.354 e. The molecule has 1 heterocycles. The van der Waals surface area contributed by atoms with Crippen LogP contribution in [0.25, 0.3) is 0 Å². The van der Waals surface area contributed by atoms with Crippen LogP contribution in [0.1, 0.15) is 36.6 Å². The van der Waals surface area contributed by atoms with Gasteiger partial charge in [0.05, 0.1) is 6.04 Å². The zero-order chi connectivity index (χ0) is 14.5. The molecule has 0 saturated heterocycles. The minimum atomic E-state index is 0.102. The van der Waals surface area contributed by atoms with Gasteiger partial charge in [-0.3, -0.25) is 4.79 Å². The zero-order valence-electron chi connectivity index (χ0n) is 12.3. The van der Waals surface area contributed by atoms with Crippen LogP contribution in [0.5, 0.6) is 0 Å². The summed E-state index contributed by atoms with van der Waals surface area (Å²) in [4.78, 5) is 15.7. The Balaban J connectivity index is 1.87. The molecule has 0 bridgehead atoms. The first kappa shape index (κ1) is 15.5. The molecule has 1 aliphatic carbocycles.